The minimum atomic E-state index is 0.0752. The number of nitrogens with zero attached hydrogens (tertiary/aromatic N) is 1. The van der Waals surface area contributed by atoms with E-state index in [9.17, 15) is 0 Å². The molecule has 0 radical (unpaired) electrons. The van der Waals surface area contributed by atoms with Crippen molar-refractivity contribution in [3.63, 3.8) is 0 Å². The number of hydrogen-bond acceptors (Lipinski definition) is 3. The lowest BCUT2D eigenvalue weighted by Crippen LogP contribution is -2.31. The highest BCUT2D eigenvalue weighted by atomic mass is 16.5. The van der Waals surface area contributed by atoms with Crippen LogP contribution in [0.4, 0.5) is 5.69 Å². The van der Waals surface area contributed by atoms with Crippen molar-refractivity contribution in [3.8, 4) is 0 Å². The number of benzene rings is 1. The topological polar surface area (TPSA) is 38.5 Å². The first-order chi connectivity index (χ1) is 8.68. The van der Waals surface area contributed by atoms with Crippen molar-refractivity contribution in [2.45, 2.75) is 25.8 Å². The maximum atomic E-state index is 6.03. The quantitative estimate of drug-likeness (QED) is 0.890. The molecule has 1 aliphatic heterocycles. The van der Waals surface area contributed by atoms with E-state index in [0.717, 1.165) is 19.8 Å². The van der Waals surface area contributed by atoms with Crippen LogP contribution < -0.4 is 10.6 Å². The number of rotatable bonds is 4. The predicted octanol–water partition coefficient (Wildman–Crippen LogP) is 2.57. The van der Waals surface area contributed by atoms with E-state index in [1.165, 1.54) is 24.1 Å². The molecule has 3 nitrogen and oxygen atoms in total. The van der Waals surface area contributed by atoms with Gasteiger partial charge in [0.1, 0.15) is 0 Å². The molecule has 1 fully saturated rings. The van der Waals surface area contributed by atoms with Gasteiger partial charge in [0.25, 0.3) is 0 Å². The Kier molecular flexibility index (Phi) is 4.61. The molecule has 1 aromatic rings. The highest BCUT2D eigenvalue weighted by Crippen LogP contribution is 2.26. The molecule has 1 aromatic carbocycles. The first-order valence-corrected chi connectivity index (χ1v) is 6.82. The van der Waals surface area contributed by atoms with Crippen molar-refractivity contribution in [1.29, 1.82) is 0 Å². The maximum Gasteiger partial charge on any atom is 0.0511 e. The van der Waals surface area contributed by atoms with Crippen LogP contribution in [0.1, 0.15) is 31.4 Å². The fraction of sp³-hybridized carbons (Fsp3) is 0.600. The summed E-state index contributed by atoms with van der Waals surface area (Å²) in [5.41, 5.74) is 8.50. The molecule has 0 saturated carbocycles. The van der Waals surface area contributed by atoms with E-state index < -0.39 is 0 Å². The third-order valence-corrected chi connectivity index (χ3v) is 3.63. The van der Waals surface area contributed by atoms with Crippen LogP contribution in [0.5, 0.6) is 0 Å². The highest BCUT2D eigenvalue weighted by molar-refractivity contribution is 5.54. The van der Waals surface area contributed by atoms with Crippen LogP contribution in [0, 0.1) is 5.92 Å². The predicted molar refractivity (Wildman–Crippen MR) is 75.9 cm³/mol. The summed E-state index contributed by atoms with van der Waals surface area (Å²) in [5, 5.41) is 0. The fourth-order valence-electron chi connectivity index (χ4n) is 2.66. The minimum Gasteiger partial charge on any atom is -0.381 e. The van der Waals surface area contributed by atoms with Crippen LogP contribution >= 0.6 is 0 Å². The van der Waals surface area contributed by atoms with Crippen molar-refractivity contribution < 1.29 is 4.74 Å². The number of para-hydroxylation sites is 1. The molecule has 3 heteroatoms. The molecule has 1 unspecified atom stereocenters. The van der Waals surface area contributed by atoms with Gasteiger partial charge in [0.05, 0.1) is 6.61 Å². The van der Waals surface area contributed by atoms with E-state index in [2.05, 4.69) is 36.2 Å². The smallest absolute Gasteiger partial charge is 0.0511 e. The van der Waals surface area contributed by atoms with Gasteiger partial charge in [-0.2, -0.15) is 0 Å². The molecule has 100 valence electrons. The number of nitrogens with two attached hydrogens (primary N) is 1. The fourth-order valence-corrected chi connectivity index (χ4v) is 2.66. The van der Waals surface area contributed by atoms with Gasteiger partial charge in [-0.25, -0.2) is 0 Å². The van der Waals surface area contributed by atoms with E-state index >= 15 is 0 Å². The lowest BCUT2D eigenvalue weighted by Gasteiger charge is -2.30. The van der Waals surface area contributed by atoms with Gasteiger partial charge in [0.15, 0.2) is 0 Å². The molecule has 1 heterocycles. The van der Waals surface area contributed by atoms with Crippen LogP contribution in [0.25, 0.3) is 0 Å². The second-order valence-corrected chi connectivity index (χ2v) is 5.31. The van der Waals surface area contributed by atoms with Crippen molar-refractivity contribution in [2.75, 3.05) is 31.7 Å². The van der Waals surface area contributed by atoms with Crippen LogP contribution in [-0.4, -0.2) is 26.8 Å². The Bertz CT molecular complexity index is 373. The number of ether oxygens (including phenoxy) is 1. The average molecular weight is 248 g/mol. The van der Waals surface area contributed by atoms with Crippen molar-refractivity contribution >= 4 is 5.69 Å². The Balaban J connectivity index is 2.05. The lowest BCUT2D eigenvalue weighted by atomic mass is 10.0. The number of anilines is 1. The first-order valence-electron chi connectivity index (χ1n) is 6.82. The van der Waals surface area contributed by atoms with Gasteiger partial charge in [0.2, 0.25) is 0 Å². The molecule has 0 aromatic heterocycles. The van der Waals surface area contributed by atoms with Crippen molar-refractivity contribution in [2.24, 2.45) is 11.7 Å². The largest absolute Gasteiger partial charge is 0.381 e. The van der Waals surface area contributed by atoms with Crippen molar-refractivity contribution in [1.82, 2.24) is 0 Å². The Morgan fingerprint density at radius 1 is 1.44 bits per heavy atom. The molecule has 18 heavy (non-hydrogen) atoms. The monoisotopic (exact) mass is 248 g/mol. The number of hydrogen-bond donors (Lipinski definition) is 1. The average Bonchev–Trinajstić information content (AvgIpc) is 2.40. The third-order valence-electron chi connectivity index (χ3n) is 3.63. The standard InChI is InChI=1S/C15H24N2O/c1-12(16)14-7-3-4-8-15(14)17(2)10-13-6-5-9-18-11-13/h3-4,7-8,12-13H,5-6,9-11,16H2,1-2H3/t12-,13?/m0/s1. The summed E-state index contributed by atoms with van der Waals surface area (Å²) < 4.78 is 5.55. The Labute approximate surface area is 110 Å². The normalized spacial score (nSPS) is 21.6. The van der Waals surface area contributed by atoms with E-state index in [0.29, 0.717) is 5.92 Å². The molecule has 2 N–H and O–H groups in total. The molecular formula is C15H24N2O. The molecule has 0 bridgehead atoms. The molecule has 1 saturated heterocycles. The zero-order valence-corrected chi connectivity index (χ0v) is 11.4. The molecule has 2 atom stereocenters. The first kappa shape index (κ1) is 13.4. The van der Waals surface area contributed by atoms with Crippen LogP contribution in [-0.2, 0) is 4.74 Å². The summed E-state index contributed by atoms with van der Waals surface area (Å²) in [6, 6.07) is 8.48. The summed E-state index contributed by atoms with van der Waals surface area (Å²) in [6.45, 7) is 4.90. The third kappa shape index (κ3) is 3.24. The van der Waals surface area contributed by atoms with Crippen LogP contribution in [0.15, 0.2) is 24.3 Å². The van der Waals surface area contributed by atoms with E-state index in [4.69, 9.17) is 10.5 Å². The molecule has 0 amide bonds. The lowest BCUT2D eigenvalue weighted by molar-refractivity contribution is 0.0576. The van der Waals surface area contributed by atoms with Gasteiger partial charge in [-0.3, -0.25) is 0 Å². The molecule has 1 aliphatic rings. The van der Waals surface area contributed by atoms with E-state index in [1.807, 2.05) is 6.92 Å². The molecule has 0 aliphatic carbocycles. The van der Waals surface area contributed by atoms with Gasteiger partial charge in [-0.15, -0.1) is 0 Å². The molecule has 0 spiro atoms. The maximum absolute atomic E-state index is 6.03. The van der Waals surface area contributed by atoms with E-state index in [-0.39, 0.29) is 6.04 Å². The summed E-state index contributed by atoms with van der Waals surface area (Å²) in [7, 11) is 2.15. The second-order valence-electron chi connectivity index (χ2n) is 5.31. The Morgan fingerprint density at radius 2 is 2.22 bits per heavy atom. The molecule has 2 rings (SSSR count). The zero-order chi connectivity index (χ0) is 13.0. The summed E-state index contributed by atoms with van der Waals surface area (Å²) in [4.78, 5) is 2.32. The zero-order valence-electron chi connectivity index (χ0n) is 11.4. The van der Waals surface area contributed by atoms with E-state index in [1.54, 1.807) is 0 Å². The Morgan fingerprint density at radius 3 is 2.89 bits per heavy atom. The van der Waals surface area contributed by atoms with Gasteiger partial charge < -0.3 is 15.4 Å². The molecular weight excluding hydrogens is 224 g/mol. The Hall–Kier alpha value is -1.06. The van der Waals surface area contributed by atoms with Crippen LogP contribution in [0.2, 0.25) is 0 Å². The van der Waals surface area contributed by atoms with Gasteiger partial charge in [-0.1, -0.05) is 18.2 Å². The summed E-state index contributed by atoms with van der Waals surface area (Å²) in [6.07, 6.45) is 2.46. The summed E-state index contributed by atoms with van der Waals surface area (Å²) >= 11 is 0. The van der Waals surface area contributed by atoms with Gasteiger partial charge in [-0.05, 0) is 37.3 Å². The summed E-state index contributed by atoms with van der Waals surface area (Å²) in [5.74, 6) is 0.643. The minimum absolute atomic E-state index is 0.0752. The second kappa shape index (κ2) is 6.21. The highest BCUT2D eigenvalue weighted by Gasteiger charge is 2.18. The van der Waals surface area contributed by atoms with Crippen molar-refractivity contribution in [3.05, 3.63) is 29.8 Å². The van der Waals surface area contributed by atoms with Gasteiger partial charge >= 0.3 is 0 Å². The SMILES string of the molecule is C[C@H](N)c1ccccc1N(C)CC1CCCOC1. The van der Waals surface area contributed by atoms with Gasteiger partial charge in [0, 0.05) is 31.9 Å². The van der Waals surface area contributed by atoms with Crippen LogP contribution in [0.3, 0.4) is 0 Å².